The van der Waals surface area contributed by atoms with Gasteiger partial charge in [0.05, 0.1) is 11.2 Å². The topological polar surface area (TPSA) is 64.0 Å². The number of likely N-dealkylation sites (tertiary alicyclic amines) is 2. The summed E-state index contributed by atoms with van der Waals surface area (Å²) in [4.78, 5) is 16.6. The number of hydrogen-bond donors (Lipinski definition) is 2. The predicted octanol–water partition coefficient (Wildman–Crippen LogP) is 5.83. The minimum atomic E-state index is -0.883. The van der Waals surface area contributed by atoms with Gasteiger partial charge in [0.25, 0.3) is 0 Å². The minimum absolute atomic E-state index is 0.340. The second-order valence-electron chi connectivity index (χ2n) is 12.4. The molecule has 1 aliphatic carbocycles. The number of carbonyl (C=O) groups is 1. The Hall–Kier alpha value is -2.21. The van der Waals surface area contributed by atoms with Crippen molar-refractivity contribution in [1.82, 2.24) is 9.80 Å². The summed E-state index contributed by atoms with van der Waals surface area (Å²) < 4.78 is 0. The second kappa shape index (κ2) is 12.8. The summed E-state index contributed by atoms with van der Waals surface area (Å²) in [5, 5.41) is 20.5. The van der Waals surface area contributed by atoms with Gasteiger partial charge in [-0.1, -0.05) is 61.7 Å². The van der Waals surface area contributed by atoms with Gasteiger partial charge in [0.2, 0.25) is 0 Å². The molecule has 0 bridgehead atoms. The molecule has 2 aromatic carbocycles. The standard InChI is InChI=1S/C33H46N2O3/c36-32(37)29-15-7-11-26(21-29)12-8-16-33(38)17-19-34(20-18-33)23-30-24-35(22-27-9-3-1-4-10-27)25-31(30)28-13-5-2-6-14-28/h2,5-7,11,13-15,21,27,30-31,38H,1,3-4,8-10,12,16-20,22-25H2,(H,36,37)/t30-,31+/m0/s1. The summed E-state index contributed by atoms with van der Waals surface area (Å²) >= 11 is 0. The Labute approximate surface area is 228 Å². The molecule has 5 nitrogen and oxygen atoms in total. The van der Waals surface area contributed by atoms with Crippen molar-refractivity contribution in [2.24, 2.45) is 11.8 Å². The zero-order valence-electron chi connectivity index (χ0n) is 22.9. The van der Waals surface area contributed by atoms with Gasteiger partial charge < -0.3 is 20.0 Å². The van der Waals surface area contributed by atoms with E-state index in [4.69, 9.17) is 0 Å². The Balaban J connectivity index is 1.12. The van der Waals surface area contributed by atoms with Crippen molar-refractivity contribution in [2.45, 2.75) is 75.7 Å². The maximum Gasteiger partial charge on any atom is 0.335 e. The zero-order chi connectivity index (χ0) is 26.4. The largest absolute Gasteiger partial charge is 0.478 e. The minimum Gasteiger partial charge on any atom is -0.478 e. The number of aryl methyl sites for hydroxylation is 1. The molecule has 2 N–H and O–H groups in total. The van der Waals surface area contributed by atoms with Crippen LogP contribution in [0.4, 0.5) is 0 Å². The summed E-state index contributed by atoms with van der Waals surface area (Å²) in [6.45, 7) is 6.71. The third-order valence-electron chi connectivity index (χ3n) is 9.55. The molecule has 0 aromatic heterocycles. The molecule has 38 heavy (non-hydrogen) atoms. The van der Waals surface area contributed by atoms with Crippen molar-refractivity contribution in [3.8, 4) is 0 Å². The van der Waals surface area contributed by atoms with Gasteiger partial charge in [-0.25, -0.2) is 4.79 Å². The molecule has 2 saturated heterocycles. The highest BCUT2D eigenvalue weighted by molar-refractivity contribution is 5.87. The highest BCUT2D eigenvalue weighted by Crippen LogP contribution is 2.36. The third kappa shape index (κ3) is 7.25. The number of carboxylic acids is 1. The molecule has 2 aromatic rings. The lowest BCUT2D eigenvalue weighted by atomic mass is 9.84. The summed E-state index contributed by atoms with van der Waals surface area (Å²) in [5.74, 6) is 1.25. The van der Waals surface area contributed by atoms with Crippen LogP contribution >= 0.6 is 0 Å². The molecule has 3 aliphatic rings. The molecule has 0 amide bonds. The number of aliphatic hydroxyl groups is 1. The normalized spacial score (nSPS) is 25.0. The van der Waals surface area contributed by atoms with E-state index < -0.39 is 11.6 Å². The Morgan fingerprint density at radius 2 is 1.66 bits per heavy atom. The maximum atomic E-state index is 11.3. The molecule has 0 radical (unpaired) electrons. The smallest absolute Gasteiger partial charge is 0.335 e. The molecule has 0 unspecified atom stereocenters. The molecule has 1 saturated carbocycles. The number of hydrogen-bond acceptors (Lipinski definition) is 4. The van der Waals surface area contributed by atoms with Crippen LogP contribution in [0.1, 0.15) is 85.2 Å². The van der Waals surface area contributed by atoms with E-state index >= 15 is 0 Å². The average Bonchev–Trinajstić information content (AvgIpc) is 3.33. The van der Waals surface area contributed by atoms with E-state index in [0.717, 1.165) is 63.2 Å². The van der Waals surface area contributed by atoms with Crippen molar-refractivity contribution < 1.29 is 15.0 Å². The Morgan fingerprint density at radius 3 is 2.39 bits per heavy atom. The zero-order valence-corrected chi connectivity index (χ0v) is 22.9. The van der Waals surface area contributed by atoms with Crippen LogP contribution in [0, 0.1) is 11.8 Å². The molecular weight excluding hydrogens is 472 g/mol. The van der Waals surface area contributed by atoms with Crippen molar-refractivity contribution in [1.29, 1.82) is 0 Å². The predicted molar refractivity (Wildman–Crippen MR) is 153 cm³/mol. The number of piperidine rings is 1. The van der Waals surface area contributed by atoms with Crippen LogP contribution < -0.4 is 0 Å². The second-order valence-corrected chi connectivity index (χ2v) is 12.4. The van der Waals surface area contributed by atoms with Crippen LogP contribution in [0.15, 0.2) is 54.6 Å². The first-order chi connectivity index (χ1) is 18.5. The number of nitrogens with zero attached hydrogens (tertiary/aromatic N) is 2. The van der Waals surface area contributed by atoms with Crippen LogP contribution in [0.2, 0.25) is 0 Å². The van der Waals surface area contributed by atoms with Crippen LogP contribution in [0.5, 0.6) is 0 Å². The summed E-state index contributed by atoms with van der Waals surface area (Å²) in [6, 6.07) is 18.3. The molecule has 0 spiro atoms. The van der Waals surface area contributed by atoms with Crippen molar-refractivity contribution in [3.05, 3.63) is 71.3 Å². The first-order valence-electron chi connectivity index (χ1n) is 15.0. The van der Waals surface area contributed by atoms with E-state index in [9.17, 15) is 15.0 Å². The monoisotopic (exact) mass is 518 g/mol. The van der Waals surface area contributed by atoms with Gasteiger partial charge in [0, 0.05) is 45.2 Å². The number of benzene rings is 2. The van der Waals surface area contributed by atoms with E-state index in [1.165, 1.54) is 57.3 Å². The highest BCUT2D eigenvalue weighted by Gasteiger charge is 2.38. The molecule has 206 valence electrons. The molecule has 5 heteroatoms. The van der Waals surface area contributed by atoms with E-state index in [0.29, 0.717) is 17.4 Å². The van der Waals surface area contributed by atoms with Gasteiger partial charge in [0.1, 0.15) is 0 Å². The number of aromatic carboxylic acids is 1. The van der Waals surface area contributed by atoms with Crippen LogP contribution in [0.25, 0.3) is 0 Å². The number of carboxylic acid groups (broad SMARTS) is 1. The molecule has 2 heterocycles. The quantitative estimate of drug-likeness (QED) is 0.414. The lowest BCUT2D eigenvalue weighted by Crippen LogP contribution is -2.46. The third-order valence-corrected chi connectivity index (χ3v) is 9.55. The lowest BCUT2D eigenvalue weighted by molar-refractivity contribution is -0.0316. The fraction of sp³-hybridized carbons (Fsp3) is 0.606. The fourth-order valence-electron chi connectivity index (χ4n) is 7.32. The van der Waals surface area contributed by atoms with Crippen LogP contribution in [0.3, 0.4) is 0 Å². The van der Waals surface area contributed by atoms with E-state index in [2.05, 4.69) is 40.1 Å². The van der Waals surface area contributed by atoms with Crippen molar-refractivity contribution in [2.75, 3.05) is 39.3 Å². The van der Waals surface area contributed by atoms with E-state index in [-0.39, 0.29) is 0 Å². The molecule has 2 atom stereocenters. The highest BCUT2D eigenvalue weighted by atomic mass is 16.4. The van der Waals surface area contributed by atoms with Gasteiger partial charge >= 0.3 is 5.97 Å². The van der Waals surface area contributed by atoms with Crippen LogP contribution in [-0.4, -0.2) is 70.9 Å². The van der Waals surface area contributed by atoms with E-state index in [1.54, 1.807) is 12.1 Å². The summed E-state index contributed by atoms with van der Waals surface area (Å²) in [7, 11) is 0. The summed E-state index contributed by atoms with van der Waals surface area (Å²) in [6.07, 6.45) is 11.2. The van der Waals surface area contributed by atoms with Crippen molar-refractivity contribution >= 4 is 5.97 Å². The van der Waals surface area contributed by atoms with Crippen LogP contribution in [-0.2, 0) is 6.42 Å². The first kappa shape index (κ1) is 27.4. The fourth-order valence-corrected chi connectivity index (χ4v) is 7.32. The Bertz CT molecular complexity index is 1030. The maximum absolute atomic E-state index is 11.3. The number of rotatable bonds is 10. The first-order valence-corrected chi connectivity index (χ1v) is 15.0. The SMILES string of the molecule is O=C(O)c1cccc(CCCC2(O)CCN(C[C@H]3CN(CC4CCCCC4)C[C@@H]3c3ccccc3)CC2)c1. The lowest BCUT2D eigenvalue weighted by Gasteiger charge is -2.40. The van der Waals surface area contributed by atoms with Gasteiger partial charge in [0.15, 0.2) is 0 Å². The molecule has 2 aliphatic heterocycles. The average molecular weight is 519 g/mol. The Kier molecular flexibility index (Phi) is 9.19. The molecular formula is C33H46N2O3. The summed E-state index contributed by atoms with van der Waals surface area (Å²) in [5.41, 5.74) is 2.27. The van der Waals surface area contributed by atoms with Crippen molar-refractivity contribution in [3.63, 3.8) is 0 Å². The van der Waals surface area contributed by atoms with Gasteiger partial charge in [-0.05, 0) is 80.0 Å². The van der Waals surface area contributed by atoms with Gasteiger partial charge in [-0.3, -0.25) is 0 Å². The van der Waals surface area contributed by atoms with E-state index in [1.807, 2.05) is 12.1 Å². The Morgan fingerprint density at radius 1 is 0.895 bits per heavy atom. The van der Waals surface area contributed by atoms with Gasteiger partial charge in [-0.2, -0.15) is 0 Å². The molecule has 3 fully saturated rings. The molecule has 5 rings (SSSR count). The van der Waals surface area contributed by atoms with Gasteiger partial charge in [-0.15, -0.1) is 0 Å².